The molecule has 4 aromatic heterocycles. The van der Waals surface area contributed by atoms with Crippen molar-refractivity contribution in [2.45, 2.75) is 25.9 Å². The molecule has 0 aliphatic carbocycles. The highest BCUT2D eigenvalue weighted by Gasteiger charge is 2.21. The van der Waals surface area contributed by atoms with Crippen molar-refractivity contribution in [1.29, 1.82) is 0 Å². The van der Waals surface area contributed by atoms with Crippen molar-refractivity contribution >= 4 is 16.7 Å². The van der Waals surface area contributed by atoms with Crippen molar-refractivity contribution in [3.05, 3.63) is 42.4 Å². The number of nitrogens with one attached hydrogen (secondary N) is 1. The van der Waals surface area contributed by atoms with Gasteiger partial charge in [-0.25, -0.2) is 4.98 Å². The van der Waals surface area contributed by atoms with Gasteiger partial charge in [-0.15, -0.1) is 0 Å². The number of hydrogen-bond acceptors (Lipinski definition) is 6. The van der Waals surface area contributed by atoms with E-state index in [-0.39, 0.29) is 6.10 Å². The highest BCUT2D eigenvalue weighted by atomic mass is 16.3. The highest BCUT2D eigenvalue weighted by molar-refractivity contribution is 5.93. The van der Waals surface area contributed by atoms with Gasteiger partial charge in [0.15, 0.2) is 0 Å². The van der Waals surface area contributed by atoms with Gasteiger partial charge in [0.05, 0.1) is 35.4 Å². The third-order valence-corrected chi connectivity index (χ3v) is 5.46. The van der Waals surface area contributed by atoms with Crippen molar-refractivity contribution in [3.8, 4) is 22.6 Å². The fraction of sp³-hybridized carbons (Fsp3) is 0.333. The van der Waals surface area contributed by atoms with Crippen LogP contribution in [-0.4, -0.2) is 54.2 Å². The lowest BCUT2D eigenvalue weighted by Gasteiger charge is -2.32. The normalized spacial score (nSPS) is 17.2. The van der Waals surface area contributed by atoms with Gasteiger partial charge < -0.3 is 10.0 Å². The lowest BCUT2D eigenvalue weighted by Crippen LogP contribution is -2.39. The van der Waals surface area contributed by atoms with Crippen LogP contribution >= 0.6 is 0 Å². The van der Waals surface area contributed by atoms with E-state index in [1.165, 1.54) is 0 Å². The molecule has 29 heavy (non-hydrogen) atoms. The molecule has 5 heterocycles. The molecule has 0 unspecified atom stereocenters. The molecule has 4 aromatic rings. The van der Waals surface area contributed by atoms with Crippen molar-refractivity contribution in [3.63, 3.8) is 0 Å². The number of nitrogens with zero attached hydrogens (tertiary/aromatic N) is 6. The van der Waals surface area contributed by atoms with Crippen molar-refractivity contribution in [1.82, 2.24) is 29.9 Å². The Morgan fingerprint density at radius 3 is 2.90 bits per heavy atom. The standard InChI is InChI=1S/C21H23N7O/c1-13-5-6-17(24-21(13)28-7-3-4-15(29)12-28)20-16-8-18(14-9-23-27(2)11-14)22-10-19(16)25-26-20/h5-6,8-11,15,29H,3-4,7,12H2,1-2H3,(H,25,26)/t15-/m1/s1. The molecule has 0 spiro atoms. The van der Waals surface area contributed by atoms with Gasteiger partial charge in [0.25, 0.3) is 0 Å². The van der Waals surface area contributed by atoms with Crippen LogP contribution in [0.15, 0.2) is 36.8 Å². The average Bonchev–Trinajstić information content (AvgIpc) is 3.34. The maximum atomic E-state index is 10.1. The Balaban J connectivity index is 1.57. The van der Waals surface area contributed by atoms with Gasteiger partial charge in [0, 0.05) is 37.3 Å². The number of aryl methyl sites for hydroxylation is 2. The Labute approximate surface area is 168 Å². The lowest BCUT2D eigenvalue weighted by molar-refractivity contribution is 0.154. The summed E-state index contributed by atoms with van der Waals surface area (Å²) >= 11 is 0. The minimum absolute atomic E-state index is 0.298. The molecule has 0 bridgehead atoms. The quantitative estimate of drug-likeness (QED) is 0.559. The zero-order chi connectivity index (χ0) is 20.0. The number of H-pyrrole nitrogens is 1. The summed E-state index contributed by atoms with van der Waals surface area (Å²) in [5.74, 6) is 0.916. The van der Waals surface area contributed by atoms with E-state index in [1.54, 1.807) is 17.1 Å². The number of aliphatic hydroxyl groups is 1. The van der Waals surface area contributed by atoms with E-state index in [9.17, 15) is 5.11 Å². The maximum absolute atomic E-state index is 10.1. The predicted octanol–water partition coefficient (Wildman–Crippen LogP) is 2.69. The van der Waals surface area contributed by atoms with Crippen LogP contribution in [0.4, 0.5) is 5.82 Å². The van der Waals surface area contributed by atoms with E-state index in [2.05, 4.69) is 38.2 Å². The van der Waals surface area contributed by atoms with Crippen molar-refractivity contribution < 1.29 is 5.11 Å². The number of β-amino-alcohol motifs (C(OH)–C–C–N with tert-alkyl or cyclic N) is 1. The zero-order valence-electron chi connectivity index (χ0n) is 16.5. The number of aliphatic hydroxyl groups excluding tert-OH is 1. The van der Waals surface area contributed by atoms with Crippen LogP contribution in [0.1, 0.15) is 18.4 Å². The van der Waals surface area contributed by atoms with E-state index >= 15 is 0 Å². The molecule has 0 aromatic carbocycles. The third kappa shape index (κ3) is 3.25. The summed E-state index contributed by atoms with van der Waals surface area (Å²) in [7, 11) is 1.89. The van der Waals surface area contributed by atoms with Gasteiger partial charge in [0.1, 0.15) is 11.5 Å². The number of piperidine rings is 1. The van der Waals surface area contributed by atoms with Crippen LogP contribution in [0.3, 0.4) is 0 Å². The number of hydrogen-bond donors (Lipinski definition) is 2. The van der Waals surface area contributed by atoms with Gasteiger partial charge in [-0.2, -0.15) is 10.2 Å². The molecule has 8 heteroatoms. The zero-order valence-corrected chi connectivity index (χ0v) is 16.5. The van der Waals surface area contributed by atoms with Crippen LogP contribution in [0.5, 0.6) is 0 Å². The third-order valence-electron chi connectivity index (χ3n) is 5.46. The first kappa shape index (κ1) is 17.8. The fourth-order valence-electron chi connectivity index (χ4n) is 3.94. The molecule has 1 saturated heterocycles. The van der Waals surface area contributed by atoms with Crippen LogP contribution < -0.4 is 4.90 Å². The first-order valence-electron chi connectivity index (χ1n) is 9.82. The highest BCUT2D eigenvalue weighted by Crippen LogP contribution is 2.31. The Bertz CT molecular complexity index is 1180. The number of rotatable bonds is 3. The summed E-state index contributed by atoms with van der Waals surface area (Å²) in [6.45, 7) is 3.58. The van der Waals surface area contributed by atoms with Gasteiger partial charge in [-0.05, 0) is 37.5 Å². The molecule has 0 amide bonds. The first-order chi connectivity index (χ1) is 14.1. The largest absolute Gasteiger partial charge is 0.391 e. The number of pyridine rings is 2. The number of aromatic amines is 1. The maximum Gasteiger partial charge on any atom is 0.132 e. The lowest BCUT2D eigenvalue weighted by atomic mass is 10.1. The molecule has 1 atom stereocenters. The summed E-state index contributed by atoms with van der Waals surface area (Å²) in [4.78, 5) is 11.6. The van der Waals surface area contributed by atoms with E-state index in [0.29, 0.717) is 6.54 Å². The molecule has 148 valence electrons. The summed E-state index contributed by atoms with van der Waals surface area (Å²) in [5.41, 5.74) is 5.37. The smallest absolute Gasteiger partial charge is 0.132 e. The second-order valence-electron chi connectivity index (χ2n) is 7.67. The van der Waals surface area contributed by atoms with Crippen LogP contribution in [0.2, 0.25) is 0 Å². The summed E-state index contributed by atoms with van der Waals surface area (Å²) in [6.07, 6.45) is 7.06. The molecule has 1 fully saturated rings. The number of fused-ring (bicyclic) bond motifs is 1. The Kier molecular flexibility index (Phi) is 4.28. The fourth-order valence-corrected chi connectivity index (χ4v) is 3.94. The molecular weight excluding hydrogens is 366 g/mol. The minimum Gasteiger partial charge on any atom is -0.391 e. The second kappa shape index (κ2) is 6.97. The van der Waals surface area contributed by atoms with Crippen LogP contribution in [0, 0.1) is 6.92 Å². The Morgan fingerprint density at radius 2 is 2.10 bits per heavy atom. The minimum atomic E-state index is -0.298. The number of aromatic nitrogens is 6. The molecule has 1 aliphatic rings. The van der Waals surface area contributed by atoms with Gasteiger partial charge in [-0.3, -0.25) is 14.8 Å². The molecule has 0 radical (unpaired) electrons. The van der Waals surface area contributed by atoms with Gasteiger partial charge in [-0.1, -0.05) is 6.07 Å². The summed E-state index contributed by atoms with van der Waals surface area (Å²) in [6, 6.07) is 6.10. The second-order valence-corrected chi connectivity index (χ2v) is 7.67. The SMILES string of the molecule is Cc1ccc(-c2n[nH]c3cnc(-c4cnn(C)c4)cc23)nc1N1CCC[C@@H](O)C1. The summed E-state index contributed by atoms with van der Waals surface area (Å²) in [5, 5.41) is 22.9. The topological polar surface area (TPSA) is 95.8 Å². The van der Waals surface area contributed by atoms with Crippen LogP contribution in [-0.2, 0) is 7.05 Å². The molecule has 0 saturated carbocycles. The molecule has 1 aliphatic heterocycles. The molecular formula is C21H23N7O. The van der Waals surface area contributed by atoms with E-state index in [0.717, 1.165) is 64.3 Å². The van der Waals surface area contributed by atoms with Crippen molar-refractivity contribution in [2.24, 2.45) is 7.05 Å². The van der Waals surface area contributed by atoms with E-state index < -0.39 is 0 Å². The van der Waals surface area contributed by atoms with E-state index in [1.807, 2.05) is 25.4 Å². The number of anilines is 1. The molecule has 8 nitrogen and oxygen atoms in total. The van der Waals surface area contributed by atoms with Crippen LogP contribution in [0.25, 0.3) is 33.5 Å². The monoisotopic (exact) mass is 389 g/mol. The Morgan fingerprint density at radius 1 is 1.21 bits per heavy atom. The predicted molar refractivity (Wildman–Crippen MR) is 112 cm³/mol. The summed E-state index contributed by atoms with van der Waals surface area (Å²) < 4.78 is 1.76. The van der Waals surface area contributed by atoms with Gasteiger partial charge >= 0.3 is 0 Å². The van der Waals surface area contributed by atoms with E-state index in [4.69, 9.17) is 4.98 Å². The van der Waals surface area contributed by atoms with Gasteiger partial charge in [0.2, 0.25) is 0 Å². The molecule has 2 N–H and O–H groups in total. The average molecular weight is 389 g/mol. The molecule has 5 rings (SSSR count). The van der Waals surface area contributed by atoms with Crippen molar-refractivity contribution in [2.75, 3.05) is 18.0 Å². The Hall–Kier alpha value is -3.26. The first-order valence-corrected chi connectivity index (χ1v) is 9.82.